The summed E-state index contributed by atoms with van der Waals surface area (Å²) < 4.78 is 16.7. The SMILES string of the molecule is CCCCCCCC1OCC2(CO1)OC[C@@H](O)C2O. The smallest absolute Gasteiger partial charge is 0.157 e. The average molecular weight is 274 g/mol. The van der Waals surface area contributed by atoms with Crippen LogP contribution in [0.25, 0.3) is 0 Å². The Morgan fingerprint density at radius 3 is 2.32 bits per heavy atom. The molecular weight excluding hydrogens is 248 g/mol. The van der Waals surface area contributed by atoms with Gasteiger partial charge in [-0.25, -0.2) is 0 Å². The van der Waals surface area contributed by atoms with Gasteiger partial charge >= 0.3 is 0 Å². The molecule has 2 N–H and O–H groups in total. The first-order chi connectivity index (χ1) is 9.18. The Kier molecular flexibility index (Phi) is 5.59. The second kappa shape index (κ2) is 6.99. The summed E-state index contributed by atoms with van der Waals surface area (Å²) in [7, 11) is 0. The maximum absolute atomic E-state index is 9.90. The molecule has 0 saturated carbocycles. The Morgan fingerprint density at radius 2 is 1.74 bits per heavy atom. The monoisotopic (exact) mass is 274 g/mol. The molecule has 2 fully saturated rings. The zero-order valence-electron chi connectivity index (χ0n) is 11.7. The predicted molar refractivity (Wildman–Crippen MR) is 69.8 cm³/mol. The van der Waals surface area contributed by atoms with E-state index in [9.17, 15) is 10.2 Å². The van der Waals surface area contributed by atoms with Crippen LogP contribution in [0.15, 0.2) is 0 Å². The number of aliphatic hydroxyl groups is 2. The van der Waals surface area contributed by atoms with Crippen molar-refractivity contribution >= 4 is 0 Å². The van der Waals surface area contributed by atoms with Gasteiger partial charge in [0, 0.05) is 0 Å². The van der Waals surface area contributed by atoms with Crippen LogP contribution < -0.4 is 0 Å². The second-order valence-electron chi connectivity index (χ2n) is 5.64. The van der Waals surface area contributed by atoms with Crippen LogP contribution >= 0.6 is 0 Å². The summed E-state index contributed by atoms with van der Waals surface area (Å²) in [5.74, 6) is 0. The lowest BCUT2D eigenvalue weighted by atomic mass is 9.96. The van der Waals surface area contributed by atoms with Gasteiger partial charge in [0.15, 0.2) is 6.29 Å². The minimum atomic E-state index is -0.919. The molecule has 2 rings (SSSR count). The van der Waals surface area contributed by atoms with Crippen molar-refractivity contribution in [2.75, 3.05) is 19.8 Å². The van der Waals surface area contributed by atoms with Crippen LogP contribution in [0.5, 0.6) is 0 Å². The van der Waals surface area contributed by atoms with Gasteiger partial charge in [0.1, 0.15) is 17.8 Å². The summed E-state index contributed by atoms with van der Waals surface area (Å²) in [6.07, 6.45) is 5.05. The van der Waals surface area contributed by atoms with Crippen molar-refractivity contribution in [2.45, 2.75) is 69.5 Å². The van der Waals surface area contributed by atoms with Gasteiger partial charge in [-0.1, -0.05) is 32.6 Å². The lowest BCUT2D eigenvalue weighted by molar-refractivity contribution is -0.271. The molecular formula is C14H26O5. The third kappa shape index (κ3) is 3.67. The molecule has 2 aliphatic rings. The Labute approximate surface area is 114 Å². The molecule has 0 radical (unpaired) electrons. The van der Waals surface area contributed by atoms with Crippen molar-refractivity contribution < 1.29 is 24.4 Å². The van der Waals surface area contributed by atoms with Crippen LogP contribution in [0.3, 0.4) is 0 Å². The van der Waals surface area contributed by atoms with Crippen LogP contribution in [0, 0.1) is 0 Å². The molecule has 0 bridgehead atoms. The Bertz CT molecular complexity index is 263. The number of rotatable bonds is 6. The summed E-state index contributed by atoms with van der Waals surface area (Å²) in [5.41, 5.74) is -0.863. The largest absolute Gasteiger partial charge is 0.388 e. The molecule has 1 spiro atoms. The van der Waals surface area contributed by atoms with E-state index in [0.29, 0.717) is 13.2 Å². The van der Waals surface area contributed by atoms with E-state index in [0.717, 1.165) is 12.8 Å². The quantitative estimate of drug-likeness (QED) is 0.713. The zero-order valence-corrected chi connectivity index (χ0v) is 11.7. The number of aliphatic hydroxyl groups excluding tert-OH is 2. The standard InChI is InChI=1S/C14H26O5/c1-2-3-4-5-6-7-12-17-9-14(10-18-12)13(16)11(15)8-19-14/h11-13,15-16H,2-10H2,1H3/t11-,12?,13?,14?/m1/s1. The van der Waals surface area contributed by atoms with E-state index in [1.165, 1.54) is 25.7 Å². The van der Waals surface area contributed by atoms with Gasteiger partial charge in [0.2, 0.25) is 0 Å². The van der Waals surface area contributed by atoms with E-state index in [4.69, 9.17) is 14.2 Å². The fourth-order valence-electron chi connectivity index (χ4n) is 2.67. The van der Waals surface area contributed by atoms with E-state index in [1.807, 2.05) is 0 Å². The van der Waals surface area contributed by atoms with E-state index < -0.39 is 17.8 Å². The number of ether oxygens (including phenoxy) is 3. The van der Waals surface area contributed by atoms with E-state index in [2.05, 4.69) is 6.92 Å². The van der Waals surface area contributed by atoms with Crippen LogP contribution in [0.2, 0.25) is 0 Å². The molecule has 2 heterocycles. The van der Waals surface area contributed by atoms with Gasteiger partial charge in [-0.15, -0.1) is 0 Å². The number of unbranched alkanes of at least 4 members (excludes halogenated alkanes) is 4. The van der Waals surface area contributed by atoms with Crippen LogP contribution in [-0.2, 0) is 14.2 Å². The van der Waals surface area contributed by atoms with Gasteiger partial charge in [0.25, 0.3) is 0 Å². The number of hydrogen-bond acceptors (Lipinski definition) is 5. The predicted octanol–water partition coefficient (Wildman–Crippen LogP) is 1.21. The normalized spacial score (nSPS) is 39.0. The summed E-state index contributed by atoms with van der Waals surface area (Å²) in [6, 6.07) is 0. The maximum Gasteiger partial charge on any atom is 0.157 e. The molecule has 2 aliphatic heterocycles. The highest BCUT2D eigenvalue weighted by atomic mass is 16.7. The van der Waals surface area contributed by atoms with Crippen LogP contribution in [0.1, 0.15) is 45.4 Å². The van der Waals surface area contributed by atoms with Crippen molar-refractivity contribution in [3.8, 4) is 0 Å². The Balaban J connectivity index is 1.65. The highest BCUT2D eigenvalue weighted by molar-refractivity contribution is 4.99. The molecule has 5 heteroatoms. The first kappa shape index (κ1) is 15.2. The summed E-state index contributed by atoms with van der Waals surface area (Å²) in [6.45, 7) is 2.94. The Morgan fingerprint density at radius 1 is 1.05 bits per heavy atom. The van der Waals surface area contributed by atoms with Crippen molar-refractivity contribution in [2.24, 2.45) is 0 Å². The first-order valence-corrected chi connectivity index (χ1v) is 7.41. The molecule has 5 nitrogen and oxygen atoms in total. The molecule has 1 unspecified atom stereocenters. The van der Waals surface area contributed by atoms with E-state index >= 15 is 0 Å². The lowest BCUT2D eigenvalue weighted by Gasteiger charge is -2.38. The third-order valence-corrected chi connectivity index (χ3v) is 4.02. The van der Waals surface area contributed by atoms with Gasteiger partial charge in [-0.2, -0.15) is 0 Å². The molecule has 2 saturated heterocycles. The lowest BCUT2D eigenvalue weighted by Crippen LogP contribution is -2.55. The molecule has 0 aromatic rings. The van der Waals surface area contributed by atoms with Gasteiger partial charge in [-0.05, 0) is 12.8 Å². The number of hydrogen-bond donors (Lipinski definition) is 2. The fraction of sp³-hybridized carbons (Fsp3) is 1.00. The molecule has 19 heavy (non-hydrogen) atoms. The topological polar surface area (TPSA) is 68.2 Å². The summed E-state index contributed by atoms with van der Waals surface area (Å²) in [5, 5.41) is 19.4. The second-order valence-corrected chi connectivity index (χ2v) is 5.64. The van der Waals surface area contributed by atoms with Gasteiger partial charge < -0.3 is 24.4 Å². The van der Waals surface area contributed by atoms with Crippen LogP contribution in [-0.4, -0.2) is 54.1 Å². The molecule has 2 atom stereocenters. The highest BCUT2D eigenvalue weighted by Crippen LogP contribution is 2.32. The van der Waals surface area contributed by atoms with Crippen molar-refractivity contribution in [3.63, 3.8) is 0 Å². The molecule has 112 valence electrons. The Hall–Kier alpha value is -0.200. The maximum atomic E-state index is 9.90. The molecule has 0 aromatic carbocycles. The van der Waals surface area contributed by atoms with Gasteiger partial charge in [-0.3, -0.25) is 0 Å². The third-order valence-electron chi connectivity index (χ3n) is 4.02. The van der Waals surface area contributed by atoms with Crippen molar-refractivity contribution in [3.05, 3.63) is 0 Å². The van der Waals surface area contributed by atoms with Crippen molar-refractivity contribution in [1.82, 2.24) is 0 Å². The summed E-state index contributed by atoms with van der Waals surface area (Å²) in [4.78, 5) is 0. The summed E-state index contributed by atoms with van der Waals surface area (Å²) >= 11 is 0. The van der Waals surface area contributed by atoms with Crippen molar-refractivity contribution in [1.29, 1.82) is 0 Å². The minimum absolute atomic E-state index is 0.148. The zero-order chi connectivity index (χ0) is 13.7. The molecule has 0 amide bonds. The van der Waals surface area contributed by atoms with Crippen LogP contribution in [0.4, 0.5) is 0 Å². The highest BCUT2D eigenvalue weighted by Gasteiger charge is 2.52. The van der Waals surface area contributed by atoms with E-state index in [1.54, 1.807) is 0 Å². The van der Waals surface area contributed by atoms with E-state index in [-0.39, 0.29) is 12.9 Å². The fourth-order valence-corrected chi connectivity index (χ4v) is 2.67. The first-order valence-electron chi connectivity index (χ1n) is 7.41. The molecule has 0 aliphatic carbocycles. The van der Waals surface area contributed by atoms with Gasteiger partial charge in [0.05, 0.1) is 19.8 Å². The molecule has 0 aromatic heterocycles. The minimum Gasteiger partial charge on any atom is -0.388 e. The average Bonchev–Trinajstić information content (AvgIpc) is 2.70.